The lowest BCUT2D eigenvalue weighted by Gasteiger charge is -2.25. The Morgan fingerprint density at radius 1 is 0.963 bits per heavy atom. The lowest BCUT2D eigenvalue weighted by molar-refractivity contribution is -0.158. The zero-order valence-corrected chi connectivity index (χ0v) is 14.0. The summed E-state index contributed by atoms with van der Waals surface area (Å²) in [7, 11) is -4.87. The number of nitrogens with one attached hydrogen (secondary N) is 1. The van der Waals surface area contributed by atoms with Gasteiger partial charge in [0.25, 0.3) is 0 Å². The van der Waals surface area contributed by atoms with Crippen LogP contribution in [-0.4, -0.2) is 14.6 Å². The number of nitrogens with zero attached hydrogens (tertiary/aromatic N) is 1. The quantitative estimate of drug-likeness (QED) is 0.773. The van der Waals surface area contributed by atoms with Gasteiger partial charge in [-0.3, -0.25) is 0 Å². The van der Waals surface area contributed by atoms with Gasteiger partial charge in [-0.15, -0.1) is 0 Å². The van der Waals surface area contributed by atoms with Gasteiger partial charge in [-0.05, 0) is 29.8 Å². The summed E-state index contributed by atoms with van der Waals surface area (Å²) >= 11 is 0. The van der Waals surface area contributed by atoms with Crippen LogP contribution in [0.5, 0.6) is 0 Å². The third kappa shape index (κ3) is 4.78. The van der Waals surface area contributed by atoms with Crippen molar-refractivity contribution in [2.24, 2.45) is 0 Å². The lowest BCUT2D eigenvalue weighted by atomic mass is 10.0. The third-order valence-corrected chi connectivity index (χ3v) is 4.87. The molecule has 0 aliphatic carbocycles. The minimum Gasteiger partial charge on any atom is -0.207 e. The average molecular weight is 408 g/mol. The Morgan fingerprint density at radius 3 is 2.15 bits per heavy atom. The van der Waals surface area contributed by atoms with E-state index in [1.807, 2.05) is 0 Å². The summed E-state index contributed by atoms with van der Waals surface area (Å²) < 4.78 is 105. The number of halogens is 6. The Labute approximate surface area is 150 Å². The van der Waals surface area contributed by atoms with Crippen LogP contribution in [0.1, 0.15) is 22.7 Å². The van der Waals surface area contributed by atoms with Crippen LogP contribution in [0.25, 0.3) is 0 Å². The van der Waals surface area contributed by atoms with E-state index in [0.29, 0.717) is 12.1 Å². The molecule has 2 aromatic rings. The fraction of sp³-hybridized carbons (Fsp3) is 0.188. The minimum atomic E-state index is -5.35. The van der Waals surface area contributed by atoms with E-state index >= 15 is 0 Å². The third-order valence-electron chi connectivity index (χ3n) is 3.45. The van der Waals surface area contributed by atoms with Crippen molar-refractivity contribution in [3.05, 3.63) is 65.2 Å². The fourth-order valence-corrected chi connectivity index (χ4v) is 3.52. The van der Waals surface area contributed by atoms with Gasteiger partial charge < -0.3 is 0 Å². The number of sulfonamides is 1. The summed E-state index contributed by atoms with van der Waals surface area (Å²) in [5.74, 6) is 0. The van der Waals surface area contributed by atoms with E-state index in [-0.39, 0.29) is 5.56 Å². The highest BCUT2D eigenvalue weighted by molar-refractivity contribution is 7.89. The molecule has 2 rings (SSSR count). The first-order valence-electron chi connectivity index (χ1n) is 7.11. The summed E-state index contributed by atoms with van der Waals surface area (Å²) in [5.41, 5.74) is -3.03. The lowest BCUT2D eigenvalue weighted by Crippen LogP contribution is -2.39. The highest BCUT2D eigenvalue weighted by Gasteiger charge is 2.47. The van der Waals surface area contributed by atoms with Crippen LogP contribution in [0.4, 0.5) is 26.3 Å². The van der Waals surface area contributed by atoms with E-state index in [2.05, 4.69) is 0 Å². The molecule has 0 amide bonds. The molecule has 0 heterocycles. The Kier molecular flexibility index (Phi) is 5.53. The molecular formula is C16H10F6N2O2S. The molecule has 27 heavy (non-hydrogen) atoms. The molecule has 4 nitrogen and oxygen atoms in total. The number of rotatable bonds is 4. The standard InChI is InChI=1S/C16H10F6N2O2S/c17-15(18,19)13-7-2-1-6-12(13)14(16(20,21)22)24-27(25,26)11-5-3-4-10(8-11)9-23/h1-8,14,24H. The van der Waals surface area contributed by atoms with Crippen LogP contribution in [0.2, 0.25) is 0 Å². The number of alkyl halides is 6. The van der Waals surface area contributed by atoms with Gasteiger partial charge in [0.1, 0.15) is 6.04 Å². The molecule has 1 unspecified atom stereocenters. The second-order valence-corrected chi connectivity index (χ2v) is 7.03. The van der Waals surface area contributed by atoms with Crippen LogP contribution in [0.3, 0.4) is 0 Å². The van der Waals surface area contributed by atoms with Gasteiger partial charge in [-0.25, -0.2) is 8.42 Å². The van der Waals surface area contributed by atoms with Crippen LogP contribution in [0.15, 0.2) is 53.4 Å². The van der Waals surface area contributed by atoms with Gasteiger partial charge in [0.2, 0.25) is 10.0 Å². The summed E-state index contributed by atoms with van der Waals surface area (Å²) in [6.45, 7) is 0. The minimum absolute atomic E-state index is 0.142. The first-order chi connectivity index (χ1) is 12.4. The van der Waals surface area contributed by atoms with Crippen LogP contribution < -0.4 is 4.72 Å². The predicted molar refractivity (Wildman–Crippen MR) is 81.7 cm³/mol. The highest BCUT2D eigenvalue weighted by atomic mass is 32.2. The zero-order valence-electron chi connectivity index (χ0n) is 13.1. The van der Waals surface area contributed by atoms with Gasteiger partial charge in [0.05, 0.1) is 22.1 Å². The molecule has 0 bridgehead atoms. The molecule has 0 aliphatic rings. The van der Waals surface area contributed by atoms with E-state index < -0.39 is 44.4 Å². The van der Waals surface area contributed by atoms with E-state index in [1.165, 1.54) is 10.8 Å². The van der Waals surface area contributed by atoms with Crippen molar-refractivity contribution in [2.45, 2.75) is 23.3 Å². The maximum Gasteiger partial charge on any atom is 0.416 e. The summed E-state index contributed by atoms with van der Waals surface area (Å²) in [6.07, 6.45) is -10.5. The van der Waals surface area contributed by atoms with Gasteiger partial charge in [0, 0.05) is 0 Å². The zero-order chi connectivity index (χ0) is 20.5. The van der Waals surface area contributed by atoms with Gasteiger partial charge in [-0.1, -0.05) is 24.3 Å². The molecule has 1 N–H and O–H groups in total. The fourth-order valence-electron chi connectivity index (χ4n) is 2.27. The molecule has 2 aromatic carbocycles. The SMILES string of the molecule is N#Cc1cccc(S(=O)(=O)NC(c2ccccc2C(F)(F)F)C(F)(F)F)c1. The van der Waals surface area contributed by atoms with Crippen molar-refractivity contribution in [3.8, 4) is 6.07 Å². The predicted octanol–water partition coefficient (Wildman–Crippen LogP) is 4.16. The van der Waals surface area contributed by atoms with Gasteiger partial charge in [0.15, 0.2) is 0 Å². The van der Waals surface area contributed by atoms with Crippen molar-refractivity contribution in [1.82, 2.24) is 4.72 Å². The maximum atomic E-state index is 13.4. The van der Waals surface area contributed by atoms with Crippen molar-refractivity contribution in [1.29, 1.82) is 5.26 Å². The molecular weight excluding hydrogens is 398 g/mol. The molecule has 0 saturated carbocycles. The average Bonchev–Trinajstić information content (AvgIpc) is 2.58. The van der Waals surface area contributed by atoms with Gasteiger partial charge >= 0.3 is 12.4 Å². The molecule has 0 aliphatic heterocycles. The molecule has 144 valence electrons. The maximum absolute atomic E-state index is 13.4. The second kappa shape index (κ2) is 7.21. The first kappa shape index (κ1) is 20.7. The molecule has 0 aromatic heterocycles. The molecule has 0 spiro atoms. The normalized spacial score (nSPS) is 13.8. The number of benzene rings is 2. The molecule has 0 fully saturated rings. The van der Waals surface area contributed by atoms with Crippen LogP contribution >= 0.6 is 0 Å². The Bertz CT molecular complexity index is 977. The molecule has 0 radical (unpaired) electrons. The monoisotopic (exact) mass is 408 g/mol. The first-order valence-corrected chi connectivity index (χ1v) is 8.60. The van der Waals surface area contributed by atoms with Gasteiger partial charge in [-0.2, -0.15) is 36.3 Å². The van der Waals surface area contributed by atoms with E-state index in [4.69, 9.17) is 5.26 Å². The van der Waals surface area contributed by atoms with Crippen LogP contribution in [0, 0.1) is 11.3 Å². The second-order valence-electron chi connectivity index (χ2n) is 5.32. The Morgan fingerprint density at radius 2 is 1.59 bits per heavy atom. The largest absolute Gasteiger partial charge is 0.416 e. The van der Waals surface area contributed by atoms with E-state index in [9.17, 15) is 34.8 Å². The molecule has 11 heteroatoms. The summed E-state index contributed by atoms with van der Waals surface area (Å²) in [5, 5.41) is 8.77. The smallest absolute Gasteiger partial charge is 0.207 e. The topological polar surface area (TPSA) is 70.0 Å². The summed E-state index contributed by atoms with van der Waals surface area (Å²) in [6, 6.07) is 5.38. The Balaban J connectivity index is 2.56. The highest BCUT2D eigenvalue weighted by Crippen LogP contribution is 2.41. The number of hydrogen-bond donors (Lipinski definition) is 1. The summed E-state index contributed by atoms with van der Waals surface area (Å²) in [4.78, 5) is -0.680. The van der Waals surface area contributed by atoms with E-state index in [0.717, 1.165) is 30.3 Å². The number of hydrogen-bond acceptors (Lipinski definition) is 3. The van der Waals surface area contributed by atoms with Crippen molar-refractivity contribution < 1.29 is 34.8 Å². The van der Waals surface area contributed by atoms with Crippen molar-refractivity contribution in [2.75, 3.05) is 0 Å². The Hall–Kier alpha value is -2.58. The molecule has 1 atom stereocenters. The number of nitriles is 1. The van der Waals surface area contributed by atoms with Crippen molar-refractivity contribution in [3.63, 3.8) is 0 Å². The molecule has 0 saturated heterocycles. The van der Waals surface area contributed by atoms with E-state index in [1.54, 1.807) is 6.07 Å². The van der Waals surface area contributed by atoms with Crippen LogP contribution in [-0.2, 0) is 16.2 Å². The van der Waals surface area contributed by atoms with Crippen molar-refractivity contribution >= 4 is 10.0 Å².